The van der Waals surface area contributed by atoms with Gasteiger partial charge in [0.05, 0.1) is 4.92 Å². The molecule has 28 heavy (non-hydrogen) atoms. The fourth-order valence-corrected chi connectivity index (χ4v) is 6.70. The van der Waals surface area contributed by atoms with Crippen molar-refractivity contribution in [3.8, 4) is 0 Å². The fraction of sp³-hybridized carbons (Fsp3) is 0.632. The van der Waals surface area contributed by atoms with Crippen LogP contribution in [0.2, 0.25) is 0 Å². The summed E-state index contributed by atoms with van der Waals surface area (Å²) < 4.78 is 27.0. The minimum absolute atomic E-state index is 0.111. The minimum Gasteiger partial charge on any atom is -0.340 e. The van der Waals surface area contributed by atoms with Gasteiger partial charge in [-0.3, -0.25) is 14.9 Å². The van der Waals surface area contributed by atoms with Crippen LogP contribution in [0.25, 0.3) is 0 Å². The Balaban J connectivity index is 1.38. The summed E-state index contributed by atoms with van der Waals surface area (Å²) in [5, 5.41) is 11.2. The second kappa shape index (κ2) is 7.44. The van der Waals surface area contributed by atoms with E-state index in [2.05, 4.69) is 0 Å². The summed E-state index contributed by atoms with van der Waals surface area (Å²) >= 11 is 0. The number of benzene rings is 1. The molecule has 3 atom stereocenters. The van der Waals surface area contributed by atoms with E-state index in [4.69, 9.17) is 0 Å². The first-order valence-electron chi connectivity index (χ1n) is 9.87. The molecule has 3 fully saturated rings. The fourth-order valence-electron chi connectivity index (χ4n) is 5.12. The lowest BCUT2D eigenvalue weighted by Gasteiger charge is -2.35. The Bertz CT molecular complexity index is 879. The Morgan fingerprint density at radius 3 is 2.43 bits per heavy atom. The molecule has 2 bridgehead atoms. The topological polar surface area (TPSA) is 101 Å². The number of nitrogens with zero attached hydrogens (tertiary/aromatic N) is 3. The molecule has 9 heteroatoms. The number of hydrogen-bond donors (Lipinski definition) is 0. The normalized spacial score (nSPS) is 27.9. The molecular formula is C19H25N3O5S. The summed E-state index contributed by atoms with van der Waals surface area (Å²) in [6.45, 7) is 0.993. The molecule has 4 rings (SSSR count). The first-order chi connectivity index (χ1) is 13.4. The molecule has 1 heterocycles. The van der Waals surface area contributed by atoms with Gasteiger partial charge in [0, 0.05) is 38.7 Å². The number of fused-ring (bicyclic) bond motifs is 2. The number of nitro benzene ring substituents is 1. The van der Waals surface area contributed by atoms with Crippen LogP contribution in [0.15, 0.2) is 29.2 Å². The van der Waals surface area contributed by atoms with Gasteiger partial charge in [-0.05, 0) is 43.1 Å². The zero-order valence-corrected chi connectivity index (χ0v) is 16.5. The highest BCUT2D eigenvalue weighted by atomic mass is 32.2. The van der Waals surface area contributed by atoms with Crippen LogP contribution >= 0.6 is 0 Å². The van der Waals surface area contributed by atoms with E-state index in [-0.39, 0.29) is 23.9 Å². The van der Waals surface area contributed by atoms with Crippen LogP contribution in [0.5, 0.6) is 0 Å². The standard InChI is InChI=1S/C19H25N3O5S/c23-19(13-16-12-14-5-6-15(16)11-14)20-7-9-21(10-8-20)28(26,27)18-4-2-1-3-17(18)22(24)25/h1-4,14-16H,5-13H2/t14-,15-,16-/m1/s1. The summed E-state index contributed by atoms with van der Waals surface area (Å²) in [4.78, 5) is 24.6. The summed E-state index contributed by atoms with van der Waals surface area (Å²) in [5.41, 5.74) is -0.419. The van der Waals surface area contributed by atoms with Gasteiger partial charge >= 0.3 is 0 Å². The maximum Gasteiger partial charge on any atom is 0.289 e. The van der Waals surface area contributed by atoms with Gasteiger partial charge in [-0.25, -0.2) is 8.42 Å². The lowest BCUT2D eigenvalue weighted by Crippen LogP contribution is -2.50. The second-order valence-corrected chi connectivity index (χ2v) is 10.1. The Labute approximate surface area is 164 Å². The van der Waals surface area contributed by atoms with Crippen LogP contribution in [0.1, 0.15) is 32.1 Å². The van der Waals surface area contributed by atoms with Gasteiger partial charge in [-0.2, -0.15) is 4.31 Å². The number of carbonyl (C=O) groups excluding carboxylic acids is 1. The van der Waals surface area contributed by atoms with Gasteiger partial charge in [0.1, 0.15) is 0 Å². The zero-order valence-electron chi connectivity index (χ0n) is 15.7. The summed E-state index contributed by atoms with van der Waals surface area (Å²) in [5.74, 6) is 2.08. The third kappa shape index (κ3) is 3.53. The van der Waals surface area contributed by atoms with Crippen molar-refractivity contribution in [2.75, 3.05) is 26.2 Å². The molecule has 1 aliphatic heterocycles. The van der Waals surface area contributed by atoms with Gasteiger partial charge in [0.15, 0.2) is 4.90 Å². The molecule has 0 spiro atoms. The molecule has 0 unspecified atom stereocenters. The average molecular weight is 407 g/mol. The van der Waals surface area contributed by atoms with Crippen LogP contribution in [-0.2, 0) is 14.8 Å². The summed E-state index contributed by atoms with van der Waals surface area (Å²) in [6.07, 6.45) is 5.53. The van der Waals surface area contributed by atoms with Gasteiger partial charge in [0.25, 0.3) is 5.69 Å². The molecule has 3 aliphatic rings. The van der Waals surface area contributed by atoms with Crippen molar-refractivity contribution in [1.29, 1.82) is 0 Å². The van der Waals surface area contributed by atoms with Crippen LogP contribution < -0.4 is 0 Å². The zero-order chi connectivity index (χ0) is 19.9. The van der Waals surface area contributed by atoms with Gasteiger partial charge < -0.3 is 4.90 Å². The van der Waals surface area contributed by atoms with E-state index in [1.54, 1.807) is 4.90 Å². The number of amides is 1. The lowest BCUT2D eigenvalue weighted by atomic mass is 9.86. The number of carbonyl (C=O) groups is 1. The van der Waals surface area contributed by atoms with Crippen molar-refractivity contribution in [1.82, 2.24) is 9.21 Å². The van der Waals surface area contributed by atoms with Crippen LogP contribution in [0, 0.1) is 27.9 Å². The molecule has 1 amide bonds. The van der Waals surface area contributed by atoms with Crippen molar-refractivity contribution in [2.24, 2.45) is 17.8 Å². The van der Waals surface area contributed by atoms with Crippen LogP contribution in [-0.4, -0.2) is 54.6 Å². The van der Waals surface area contributed by atoms with E-state index < -0.39 is 20.6 Å². The summed E-state index contributed by atoms with van der Waals surface area (Å²) in [6, 6.07) is 5.39. The van der Waals surface area contributed by atoms with E-state index in [0.29, 0.717) is 31.3 Å². The number of sulfonamides is 1. The molecule has 2 aliphatic carbocycles. The number of para-hydroxylation sites is 1. The predicted molar refractivity (Wildman–Crippen MR) is 102 cm³/mol. The van der Waals surface area contributed by atoms with Crippen molar-refractivity contribution >= 4 is 21.6 Å². The lowest BCUT2D eigenvalue weighted by molar-refractivity contribution is -0.387. The Morgan fingerprint density at radius 1 is 1.11 bits per heavy atom. The molecule has 8 nitrogen and oxygen atoms in total. The van der Waals surface area contributed by atoms with Crippen molar-refractivity contribution in [2.45, 2.75) is 37.0 Å². The van der Waals surface area contributed by atoms with Crippen molar-refractivity contribution in [3.63, 3.8) is 0 Å². The van der Waals surface area contributed by atoms with E-state index in [9.17, 15) is 23.3 Å². The molecular weight excluding hydrogens is 382 g/mol. The van der Waals surface area contributed by atoms with Crippen molar-refractivity contribution in [3.05, 3.63) is 34.4 Å². The smallest absolute Gasteiger partial charge is 0.289 e. The van der Waals surface area contributed by atoms with E-state index in [0.717, 1.165) is 12.3 Å². The SMILES string of the molecule is O=C(C[C@H]1C[C@@H]2CC[C@@H]1C2)N1CCN(S(=O)(=O)c2ccccc2[N+](=O)[O-])CC1. The Hall–Kier alpha value is -2.00. The van der Waals surface area contributed by atoms with E-state index in [1.807, 2.05) is 0 Å². The Morgan fingerprint density at radius 2 is 1.82 bits per heavy atom. The monoisotopic (exact) mass is 407 g/mol. The number of piperazine rings is 1. The number of nitro groups is 1. The molecule has 1 aromatic rings. The first kappa shape index (κ1) is 19.3. The molecule has 1 saturated heterocycles. The second-order valence-electron chi connectivity index (χ2n) is 8.15. The van der Waals surface area contributed by atoms with Gasteiger partial charge in [0.2, 0.25) is 15.9 Å². The van der Waals surface area contributed by atoms with E-state index >= 15 is 0 Å². The van der Waals surface area contributed by atoms with Gasteiger partial charge in [-0.1, -0.05) is 18.6 Å². The van der Waals surface area contributed by atoms with Gasteiger partial charge in [-0.15, -0.1) is 0 Å². The predicted octanol–water partition coefficient (Wildman–Crippen LogP) is 2.25. The molecule has 0 radical (unpaired) electrons. The molecule has 0 N–H and O–H groups in total. The van der Waals surface area contributed by atoms with Crippen LogP contribution in [0.4, 0.5) is 5.69 Å². The average Bonchev–Trinajstić information content (AvgIpc) is 3.31. The third-order valence-electron chi connectivity index (χ3n) is 6.59. The highest BCUT2D eigenvalue weighted by Crippen LogP contribution is 2.49. The number of hydrogen-bond acceptors (Lipinski definition) is 5. The highest BCUT2D eigenvalue weighted by Gasteiger charge is 2.41. The third-order valence-corrected chi connectivity index (χ3v) is 8.54. The maximum atomic E-state index is 12.9. The maximum absolute atomic E-state index is 12.9. The number of rotatable bonds is 5. The highest BCUT2D eigenvalue weighted by molar-refractivity contribution is 7.89. The minimum atomic E-state index is -3.96. The molecule has 2 saturated carbocycles. The first-order valence-corrected chi connectivity index (χ1v) is 11.3. The largest absolute Gasteiger partial charge is 0.340 e. The summed E-state index contributed by atoms with van der Waals surface area (Å²) in [7, 11) is -3.96. The Kier molecular flexibility index (Phi) is 5.13. The molecule has 1 aromatic carbocycles. The quantitative estimate of drug-likeness (QED) is 0.550. The van der Waals surface area contributed by atoms with E-state index in [1.165, 1.54) is 47.8 Å². The molecule has 0 aromatic heterocycles. The molecule has 152 valence electrons. The van der Waals surface area contributed by atoms with Crippen LogP contribution in [0.3, 0.4) is 0 Å². The van der Waals surface area contributed by atoms with Crippen molar-refractivity contribution < 1.29 is 18.1 Å².